The molecule has 0 heterocycles. The highest BCUT2D eigenvalue weighted by Crippen LogP contribution is 2.17. The third kappa shape index (κ3) is 4.02. The van der Waals surface area contributed by atoms with Crippen LogP contribution >= 0.6 is 0 Å². The molecule has 0 fully saturated rings. The van der Waals surface area contributed by atoms with E-state index in [2.05, 4.69) is 0 Å². The normalized spacial score (nSPS) is 10.0. The molecule has 0 aliphatic carbocycles. The molecular formula is C14H18O3. The van der Waals surface area contributed by atoms with Gasteiger partial charge in [-0.2, -0.15) is 0 Å². The summed E-state index contributed by atoms with van der Waals surface area (Å²) in [6.45, 7) is 4.16. The van der Waals surface area contributed by atoms with Crippen molar-refractivity contribution in [1.82, 2.24) is 0 Å². The first kappa shape index (κ1) is 13.4. The van der Waals surface area contributed by atoms with Crippen molar-refractivity contribution < 1.29 is 14.3 Å². The van der Waals surface area contributed by atoms with E-state index in [0.29, 0.717) is 19.4 Å². The summed E-state index contributed by atoms with van der Waals surface area (Å²) in [7, 11) is 0. The van der Waals surface area contributed by atoms with E-state index >= 15 is 0 Å². The van der Waals surface area contributed by atoms with Gasteiger partial charge in [-0.05, 0) is 37.0 Å². The maximum absolute atomic E-state index is 11.5. The molecule has 0 aromatic heterocycles. The van der Waals surface area contributed by atoms with E-state index in [9.17, 15) is 9.59 Å². The number of benzene rings is 1. The Morgan fingerprint density at radius 2 is 2.18 bits per heavy atom. The number of hydrogen-bond acceptors (Lipinski definition) is 3. The van der Waals surface area contributed by atoms with Gasteiger partial charge in [0.1, 0.15) is 6.29 Å². The van der Waals surface area contributed by atoms with E-state index in [1.165, 1.54) is 0 Å². The fraction of sp³-hybridized carbons (Fsp3) is 0.429. The summed E-state index contributed by atoms with van der Waals surface area (Å²) in [5, 5.41) is 0. The van der Waals surface area contributed by atoms with Gasteiger partial charge in [0.05, 0.1) is 13.0 Å². The van der Waals surface area contributed by atoms with Crippen molar-refractivity contribution in [2.24, 2.45) is 0 Å². The smallest absolute Gasteiger partial charge is 0.310 e. The SMILES string of the molecule is CCOC(=O)Cc1c(C)cccc1CCC=O. The number of rotatable bonds is 6. The van der Waals surface area contributed by atoms with Gasteiger partial charge >= 0.3 is 5.97 Å². The third-order valence-corrected chi connectivity index (χ3v) is 2.67. The first-order chi connectivity index (χ1) is 8.19. The van der Waals surface area contributed by atoms with E-state index in [1.54, 1.807) is 6.92 Å². The molecular weight excluding hydrogens is 216 g/mol. The lowest BCUT2D eigenvalue weighted by atomic mass is 9.96. The molecule has 0 amide bonds. The second-order valence-electron chi connectivity index (χ2n) is 3.90. The fourth-order valence-electron chi connectivity index (χ4n) is 1.82. The van der Waals surface area contributed by atoms with Crippen LogP contribution < -0.4 is 0 Å². The minimum atomic E-state index is -0.214. The molecule has 1 aromatic carbocycles. The van der Waals surface area contributed by atoms with Crippen LogP contribution in [0, 0.1) is 6.92 Å². The second kappa shape index (κ2) is 6.84. The Kier molecular flexibility index (Phi) is 5.40. The van der Waals surface area contributed by atoms with Gasteiger partial charge in [-0.15, -0.1) is 0 Å². The fourth-order valence-corrected chi connectivity index (χ4v) is 1.82. The molecule has 0 aliphatic rings. The first-order valence-electron chi connectivity index (χ1n) is 5.85. The monoisotopic (exact) mass is 234 g/mol. The predicted molar refractivity (Wildman–Crippen MR) is 65.9 cm³/mol. The lowest BCUT2D eigenvalue weighted by Crippen LogP contribution is -2.10. The summed E-state index contributed by atoms with van der Waals surface area (Å²) in [4.78, 5) is 21.9. The maximum atomic E-state index is 11.5. The van der Waals surface area contributed by atoms with Crippen molar-refractivity contribution in [3.05, 3.63) is 34.9 Å². The van der Waals surface area contributed by atoms with Crippen molar-refractivity contribution in [1.29, 1.82) is 0 Å². The van der Waals surface area contributed by atoms with Gasteiger partial charge in [0.15, 0.2) is 0 Å². The standard InChI is InChI=1S/C14H18O3/c1-3-17-14(16)10-13-11(2)6-4-7-12(13)8-5-9-15/h4,6-7,9H,3,5,8,10H2,1-2H3. The van der Waals surface area contributed by atoms with Crippen LogP contribution in [0.25, 0.3) is 0 Å². The first-order valence-corrected chi connectivity index (χ1v) is 5.85. The van der Waals surface area contributed by atoms with E-state index in [0.717, 1.165) is 23.0 Å². The van der Waals surface area contributed by atoms with Gasteiger partial charge in [0.2, 0.25) is 0 Å². The van der Waals surface area contributed by atoms with E-state index in [1.807, 2.05) is 25.1 Å². The van der Waals surface area contributed by atoms with Crippen molar-refractivity contribution in [3.63, 3.8) is 0 Å². The topological polar surface area (TPSA) is 43.4 Å². The number of aldehydes is 1. The minimum Gasteiger partial charge on any atom is -0.466 e. The largest absolute Gasteiger partial charge is 0.466 e. The van der Waals surface area contributed by atoms with Crippen molar-refractivity contribution in [2.75, 3.05) is 6.61 Å². The van der Waals surface area contributed by atoms with Gasteiger partial charge in [-0.25, -0.2) is 0 Å². The van der Waals surface area contributed by atoms with E-state index < -0.39 is 0 Å². The van der Waals surface area contributed by atoms with Crippen molar-refractivity contribution in [2.45, 2.75) is 33.1 Å². The zero-order valence-electron chi connectivity index (χ0n) is 10.4. The Labute approximate surface area is 102 Å². The van der Waals surface area contributed by atoms with Crippen LogP contribution in [-0.4, -0.2) is 18.9 Å². The van der Waals surface area contributed by atoms with Gasteiger partial charge in [0, 0.05) is 6.42 Å². The minimum absolute atomic E-state index is 0.214. The molecule has 0 saturated heterocycles. The molecule has 3 heteroatoms. The molecule has 0 saturated carbocycles. The summed E-state index contributed by atoms with van der Waals surface area (Å²) >= 11 is 0. The van der Waals surface area contributed by atoms with Crippen LogP contribution in [0.15, 0.2) is 18.2 Å². The van der Waals surface area contributed by atoms with Gasteiger partial charge in [-0.1, -0.05) is 18.2 Å². The van der Waals surface area contributed by atoms with Crippen LogP contribution in [0.3, 0.4) is 0 Å². The molecule has 3 nitrogen and oxygen atoms in total. The average molecular weight is 234 g/mol. The van der Waals surface area contributed by atoms with E-state index in [-0.39, 0.29) is 12.4 Å². The van der Waals surface area contributed by atoms with Crippen molar-refractivity contribution >= 4 is 12.3 Å². The molecule has 92 valence electrons. The number of carbonyl (C=O) groups is 2. The summed E-state index contributed by atoms with van der Waals surface area (Å²) < 4.78 is 4.95. The molecule has 0 atom stereocenters. The predicted octanol–water partition coefficient (Wildman–Crippen LogP) is 2.23. The molecule has 0 radical (unpaired) electrons. The Balaban J connectivity index is 2.86. The molecule has 0 unspecified atom stereocenters. The Morgan fingerprint density at radius 3 is 2.82 bits per heavy atom. The van der Waals surface area contributed by atoms with Gasteiger partial charge < -0.3 is 9.53 Å². The molecule has 0 N–H and O–H groups in total. The summed E-state index contributed by atoms with van der Waals surface area (Å²) in [5.74, 6) is -0.214. The quantitative estimate of drug-likeness (QED) is 0.560. The van der Waals surface area contributed by atoms with Crippen LogP contribution in [0.5, 0.6) is 0 Å². The lowest BCUT2D eigenvalue weighted by Gasteiger charge is -2.11. The highest BCUT2D eigenvalue weighted by atomic mass is 16.5. The molecule has 0 bridgehead atoms. The molecule has 0 aliphatic heterocycles. The van der Waals surface area contributed by atoms with Crippen molar-refractivity contribution in [3.8, 4) is 0 Å². The van der Waals surface area contributed by atoms with Crippen LogP contribution in [0.4, 0.5) is 0 Å². The lowest BCUT2D eigenvalue weighted by molar-refractivity contribution is -0.142. The van der Waals surface area contributed by atoms with Gasteiger partial charge in [-0.3, -0.25) is 4.79 Å². The molecule has 1 rings (SSSR count). The van der Waals surface area contributed by atoms with Gasteiger partial charge in [0.25, 0.3) is 0 Å². The average Bonchev–Trinajstić information content (AvgIpc) is 2.30. The highest BCUT2D eigenvalue weighted by Gasteiger charge is 2.10. The maximum Gasteiger partial charge on any atom is 0.310 e. The third-order valence-electron chi connectivity index (χ3n) is 2.67. The molecule has 17 heavy (non-hydrogen) atoms. The highest BCUT2D eigenvalue weighted by molar-refractivity contribution is 5.73. The Morgan fingerprint density at radius 1 is 1.41 bits per heavy atom. The summed E-state index contributed by atoms with van der Waals surface area (Å²) in [5.41, 5.74) is 3.12. The number of hydrogen-bond donors (Lipinski definition) is 0. The Bertz CT molecular complexity index is 396. The molecule has 0 spiro atoms. The molecule has 1 aromatic rings. The van der Waals surface area contributed by atoms with Crippen LogP contribution in [0.1, 0.15) is 30.0 Å². The second-order valence-corrected chi connectivity index (χ2v) is 3.90. The van der Waals surface area contributed by atoms with Crippen LogP contribution in [0.2, 0.25) is 0 Å². The zero-order chi connectivity index (χ0) is 12.7. The summed E-state index contributed by atoms with van der Waals surface area (Å²) in [6, 6.07) is 5.88. The van der Waals surface area contributed by atoms with Crippen LogP contribution in [-0.2, 0) is 27.2 Å². The Hall–Kier alpha value is -1.64. The number of esters is 1. The van der Waals surface area contributed by atoms with E-state index in [4.69, 9.17) is 4.74 Å². The summed E-state index contributed by atoms with van der Waals surface area (Å²) in [6.07, 6.45) is 2.35. The number of aryl methyl sites for hydroxylation is 2. The number of ether oxygens (including phenoxy) is 1. The number of carbonyl (C=O) groups excluding carboxylic acids is 2. The zero-order valence-corrected chi connectivity index (χ0v) is 10.4.